The van der Waals surface area contributed by atoms with Crippen LogP contribution in [0.15, 0.2) is 42.7 Å². The van der Waals surface area contributed by atoms with Crippen LogP contribution in [0.4, 0.5) is 0 Å². The molecule has 0 saturated heterocycles. The fraction of sp³-hybridized carbons (Fsp3) is 0.533. The molecule has 0 radical (unpaired) electrons. The van der Waals surface area contributed by atoms with Crippen molar-refractivity contribution >= 4 is 17.5 Å². The summed E-state index contributed by atoms with van der Waals surface area (Å²) in [5.74, 6) is 4.51. The van der Waals surface area contributed by atoms with Gasteiger partial charge in [0, 0.05) is 42.5 Å². The van der Waals surface area contributed by atoms with Gasteiger partial charge in [0.05, 0.1) is 18.7 Å². The van der Waals surface area contributed by atoms with Crippen LogP contribution in [0.5, 0.6) is 5.75 Å². The van der Waals surface area contributed by atoms with E-state index >= 15 is 0 Å². The number of rotatable bonds is 9. The van der Waals surface area contributed by atoms with Gasteiger partial charge in [0.1, 0.15) is 5.75 Å². The quantitative estimate of drug-likeness (QED) is 0.324. The monoisotopic (exact) mass is 533 g/mol. The van der Waals surface area contributed by atoms with Gasteiger partial charge >= 0.3 is 0 Å². The lowest BCUT2D eigenvalue weighted by Crippen LogP contribution is -2.42. The summed E-state index contributed by atoms with van der Waals surface area (Å²) in [7, 11) is 1.61. The van der Waals surface area contributed by atoms with Crippen LogP contribution in [0, 0.1) is 17.8 Å². The second-order valence-corrected chi connectivity index (χ2v) is 11.6. The number of amides is 1. The minimum Gasteiger partial charge on any atom is -0.495 e. The van der Waals surface area contributed by atoms with Crippen molar-refractivity contribution in [3.05, 3.63) is 47.7 Å². The third kappa shape index (κ3) is 5.18. The van der Waals surface area contributed by atoms with E-state index in [0.717, 1.165) is 41.6 Å². The molecule has 3 aromatic rings. The highest BCUT2D eigenvalue weighted by Crippen LogP contribution is 2.49. The van der Waals surface area contributed by atoms with Gasteiger partial charge in [0.25, 0.3) is 0 Å². The molecule has 2 heterocycles. The van der Waals surface area contributed by atoms with Crippen LogP contribution < -0.4 is 4.74 Å². The van der Waals surface area contributed by atoms with Gasteiger partial charge in [-0.25, -0.2) is 9.67 Å². The summed E-state index contributed by atoms with van der Waals surface area (Å²) in [6.07, 6.45) is 14.1. The fourth-order valence-electron chi connectivity index (χ4n) is 7.04. The number of nitrogens with zero attached hydrogens (tertiary/aromatic N) is 5. The number of carbonyl (C=O) groups excluding carboxylic acids is 1. The zero-order valence-corrected chi connectivity index (χ0v) is 22.8. The molecule has 7 nitrogen and oxygen atoms in total. The number of hydrogen-bond acceptors (Lipinski definition) is 5. The van der Waals surface area contributed by atoms with Crippen molar-refractivity contribution in [2.24, 2.45) is 17.8 Å². The first-order valence-electron chi connectivity index (χ1n) is 14.1. The zero-order chi connectivity index (χ0) is 26.1. The Labute approximate surface area is 229 Å². The third-order valence-corrected chi connectivity index (χ3v) is 9.28. The van der Waals surface area contributed by atoms with Gasteiger partial charge < -0.3 is 9.64 Å². The second kappa shape index (κ2) is 11.0. The molecule has 0 aliphatic heterocycles. The first-order valence-corrected chi connectivity index (χ1v) is 14.5. The molecular formula is C30H36ClN5O2. The largest absolute Gasteiger partial charge is 0.495 e. The molecule has 1 unspecified atom stereocenters. The Balaban J connectivity index is 1.26. The summed E-state index contributed by atoms with van der Waals surface area (Å²) >= 11 is 6.47. The van der Waals surface area contributed by atoms with Crippen molar-refractivity contribution in [3.63, 3.8) is 0 Å². The number of pyridine rings is 1. The lowest BCUT2D eigenvalue weighted by Gasteiger charge is -2.31. The topological polar surface area (TPSA) is 73.1 Å². The first kappa shape index (κ1) is 25.4. The van der Waals surface area contributed by atoms with Gasteiger partial charge in [-0.15, -0.1) is 0 Å². The molecule has 2 aromatic heterocycles. The van der Waals surface area contributed by atoms with Crippen LogP contribution in [0.1, 0.15) is 57.8 Å². The summed E-state index contributed by atoms with van der Waals surface area (Å²) in [5, 5.41) is 5.41. The molecule has 3 aliphatic rings. The summed E-state index contributed by atoms with van der Waals surface area (Å²) in [6, 6.07) is 9.83. The van der Waals surface area contributed by atoms with Gasteiger partial charge in [0.2, 0.25) is 5.91 Å². The summed E-state index contributed by atoms with van der Waals surface area (Å²) in [5.41, 5.74) is 1.77. The van der Waals surface area contributed by atoms with E-state index in [1.54, 1.807) is 19.5 Å². The second-order valence-electron chi connectivity index (χ2n) is 11.2. The molecule has 3 atom stereocenters. The van der Waals surface area contributed by atoms with Crippen LogP contribution in [0.2, 0.25) is 5.02 Å². The number of hydrogen-bond donors (Lipinski definition) is 0. The van der Waals surface area contributed by atoms with E-state index in [1.807, 2.05) is 35.0 Å². The molecule has 1 amide bonds. The molecule has 3 aliphatic carbocycles. The predicted octanol–water partition coefficient (Wildman–Crippen LogP) is 6.27. The van der Waals surface area contributed by atoms with Crippen molar-refractivity contribution in [1.29, 1.82) is 0 Å². The fourth-order valence-corrected chi connectivity index (χ4v) is 7.30. The number of fused-ring (bicyclic) bond motifs is 2. The predicted molar refractivity (Wildman–Crippen MR) is 148 cm³/mol. The smallest absolute Gasteiger partial charge is 0.223 e. The minimum atomic E-state index is 0.331. The molecule has 6 rings (SSSR count). The summed E-state index contributed by atoms with van der Waals surface area (Å²) in [6.45, 7) is 1.22. The zero-order valence-electron chi connectivity index (χ0n) is 22.1. The van der Waals surface area contributed by atoms with Gasteiger partial charge in [-0.1, -0.05) is 30.9 Å². The third-order valence-electron chi connectivity index (χ3n) is 8.98. The van der Waals surface area contributed by atoms with Crippen LogP contribution >= 0.6 is 11.6 Å². The van der Waals surface area contributed by atoms with E-state index in [0.29, 0.717) is 54.0 Å². The van der Waals surface area contributed by atoms with Crippen LogP contribution in [0.25, 0.3) is 22.8 Å². The molecular weight excluding hydrogens is 498 g/mol. The van der Waals surface area contributed by atoms with Crippen molar-refractivity contribution in [2.75, 3.05) is 13.7 Å². The average molecular weight is 534 g/mol. The highest BCUT2D eigenvalue weighted by Gasteiger charge is 2.41. The number of ether oxygens (including phenoxy) is 1. The molecule has 3 saturated carbocycles. The average Bonchev–Trinajstić information content (AvgIpc) is 3.75. The van der Waals surface area contributed by atoms with E-state index in [-0.39, 0.29) is 0 Å². The first-order chi connectivity index (χ1) is 18.6. The van der Waals surface area contributed by atoms with E-state index in [1.165, 1.54) is 38.5 Å². The van der Waals surface area contributed by atoms with E-state index < -0.39 is 0 Å². The van der Waals surface area contributed by atoms with Crippen molar-refractivity contribution in [3.8, 4) is 28.5 Å². The highest BCUT2D eigenvalue weighted by molar-refractivity contribution is 6.32. The normalized spacial score (nSPS) is 22.7. The Morgan fingerprint density at radius 1 is 1.08 bits per heavy atom. The highest BCUT2D eigenvalue weighted by atomic mass is 35.5. The molecule has 8 heteroatoms. The number of benzene rings is 1. The maximum absolute atomic E-state index is 13.7. The standard InChI is InChI=1S/C30H36ClN5O2/c1-38-27-9-8-23(18-26(27)31)30-33-29(21-10-12-32-13-11-21)34-36(30)15-14-35(25-4-2-3-5-25)28(37)19-24-17-20-6-7-22(24)16-20/h8-13,18,20,22,24-25H,2-7,14-17,19H2,1H3/t20-,22-,24?/m0/s1. The number of aromatic nitrogens is 4. The molecule has 38 heavy (non-hydrogen) atoms. The molecule has 0 spiro atoms. The minimum absolute atomic E-state index is 0.331. The van der Waals surface area contributed by atoms with E-state index in [9.17, 15) is 4.79 Å². The Kier molecular flexibility index (Phi) is 7.37. The van der Waals surface area contributed by atoms with Crippen LogP contribution in [-0.4, -0.2) is 50.3 Å². The van der Waals surface area contributed by atoms with Gasteiger partial charge in [0.15, 0.2) is 11.6 Å². The van der Waals surface area contributed by atoms with Crippen molar-refractivity contribution in [1.82, 2.24) is 24.6 Å². The number of halogens is 1. The Bertz CT molecular complexity index is 1270. The molecule has 2 bridgehead atoms. The Hall–Kier alpha value is -2.93. The van der Waals surface area contributed by atoms with Crippen molar-refractivity contribution in [2.45, 2.75) is 70.4 Å². The summed E-state index contributed by atoms with van der Waals surface area (Å²) in [4.78, 5) is 24.9. The van der Waals surface area contributed by atoms with Crippen molar-refractivity contribution < 1.29 is 9.53 Å². The lowest BCUT2D eigenvalue weighted by atomic mass is 9.86. The SMILES string of the molecule is COc1ccc(-c2nc(-c3ccncc3)nn2CCN(C(=O)CC2C[C@H]3CC[C@H]2C3)C2CCCC2)cc1Cl. The molecule has 200 valence electrons. The molecule has 0 N–H and O–H groups in total. The van der Waals surface area contributed by atoms with Gasteiger partial charge in [-0.3, -0.25) is 9.78 Å². The summed E-state index contributed by atoms with van der Waals surface area (Å²) < 4.78 is 7.28. The Morgan fingerprint density at radius 3 is 2.58 bits per heavy atom. The molecule has 1 aromatic carbocycles. The number of carbonyl (C=O) groups is 1. The molecule has 3 fully saturated rings. The van der Waals surface area contributed by atoms with Gasteiger partial charge in [-0.2, -0.15) is 5.10 Å². The van der Waals surface area contributed by atoms with E-state index in [4.69, 9.17) is 26.4 Å². The van der Waals surface area contributed by atoms with Crippen LogP contribution in [-0.2, 0) is 11.3 Å². The number of methoxy groups -OCH3 is 1. The lowest BCUT2D eigenvalue weighted by molar-refractivity contribution is -0.135. The maximum Gasteiger partial charge on any atom is 0.223 e. The van der Waals surface area contributed by atoms with Gasteiger partial charge in [-0.05, 0) is 80.2 Å². The van der Waals surface area contributed by atoms with E-state index in [2.05, 4.69) is 9.88 Å². The maximum atomic E-state index is 13.7. The Morgan fingerprint density at radius 2 is 1.89 bits per heavy atom. The van der Waals surface area contributed by atoms with Crippen LogP contribution in [0.3, 0.4) is 0 Å².